The first-order valence-corrected chi connectivity index (χ1v) is 10.8. The standard InChI is InChI=1S/C26H20N4O3S/c1-17(19-8-6-18(16-27)7-9-19)29-26(32)30(34)21-10-12-22(13-11-21)33-25(31)24-23-5-3-2-4-20(23)14-15-28-24/h2-15,17,34H,1H3,(H,29,32). The highest BCUT2D eigenvalue weighted by Gasteiger charge is 2.17. The van der Waals surface area contributed by atoms with E-state index in [1.807, 2.05) is 37.3 Å². The maximum absolute atomic E-state index is 12.7. The number of benzene rings is 3. The number of thiol groups is 1. The van der Waals surface area contributed by atoms with Crippen LogP contribution >= 0.6 is 12.8 Å². The van der Waals surface area contributed by atoms with Gasteiger partial charge in [0.05, 0.1) is 23.4 Å². The molecule has 34 heavy (non-hydrogen) atoms. The van der Waals surface area contributed by atoms with Crippen molar-refractivity contribution in [2.45, 2.75) is 13.0 Å². The second-order valence-corrected chi connectivity index (χ2v) is 7.88. The van der Waals surface area contributed by atoms with Crippen LogP contribution in [-0.2, 0) is 0 Å². The number of hydrogen-bond acceptors (Lipinski definition) is 6. The van der Waals surface area contributed by atoms with Crippen LogP contribution in [0.1, 0.15) is 34.6 Å². The number of aromatic nitrogens is 1. The lowest BCUT2D eigenvalue weighted by molar-refractivity contribution is 0.0731. The Morgan fingerprint density at radius 2 is 1.74 bits per heavy atom. The van der Waals surface area contributed by atoms with E-state index in [4.69, 9.17) is 10.00 Å². The van der Waals surface area contributed by atoms with Crippen molar-refractivity contribution in [3.05, 3.63) is 102 Å². The van der Waals surface area contributed by atoms with Crippen molar-refractivity contribution < 1.29 is 14.3 Å². The van der Waals surface area contributed by atoms with Crippen LogP contribution in [0.25, 0.3) is 10.8 Å². The number of ether oxygens (including phenoxy) is 1. The third-order valence-electron chi connectivity index (χ3n) is 5.23. The summed E-state index contributed by atoms with van der Waals surface area (Å²) < 4.78 is 6.64. The summed E-state index contributed by atoms with van der Waals surface area (Å²) in [5.41, 5.74) is 2.14. The van der Waals surface area contributed by atoms with E-state index in [0.717, 1.165) is 15.3 Å². The molecule has 7 nitrogen and oxygen atoms in total. The molecule has 0 fully saturated rings. The Morgan fingerprint density at radius 3 is 2.44 bits per heavy atom. The van der Waals surface area contributed by atoms with Crippen LogP contribution in [0, 0.1) is 11.3 Å². The van der Waals surface area contributed by atoms with Crippen molar-refractivity contribution >= 4 is 41.3 Å². The maximum Gasteiger partial charge on any atom is 0.362 e. The number of carbonyl (C=O) groups is 2. The van der Waals surface area contributed by atoms with Crippen molar-refractivity contribution in [1.82, 2.24) is 10.3 Å². The van der Waals surface area contributed by atoms with Gasteiger partial charge in [0.25, 0.3) is 0 Å². The van der Waals surface area contributed by atoms with E-state index in [-0.39, 0.29) is 11.7 Å². The smallest absolute Gasteiger partial charge is 0.362 e. The Bertz CT molecular complexity index is 1380. The van der Waals surface area contributed by atoms with Crippen molar-refractivity contribution in [2.24, 2.45) is 0 Å². The number of carbonyl (C=O) groups excluding carboxylic acids is 2. The topological polar surface area (TPSA) is 95.3 Å². The normalized spacial score (nSPS) is 11.3. The number of nitrogens with one attached hydrogen (secondary N) is 1. The second-order valence-electron chi connectivity index (χ2n) is 7.48. The van der Waals surface area contributed by atoms with Gasteiger partial charge in [-0.1, -0.05) is 49.2 Å². The Hall–Kier alpha value is -4.35. The first-order chi connectivity index (χ1) is 16.5. The van der Waals surface area contributed by atoms with E-state index >= 15 is 0 Å². The molecule has 4 rings (SSSR count). The lowest BCUT2D eigenvalue weighted by Crippen LogP contribution is -2.35. The van der Waals surface area contributed by atoms with Crippen molar-refractivity contribution in [3.8, 4) is 11.8 Å². The highest BCUT2D eigenvalue weighted by Crippen LogP contribution is 2.24. The zero-order valence-electron chi connectivity index (χ0n) is 18.2. The summed E-state index contributed by atoms with van der Waals surface area (Å²) in [7, 11) is 0. The molecular formula is C26H20N4O3S. The zero-order valence-corrected chi connectivity index (χ0v) is 19.1. The Balaban J connectivity index is 1.40. The number of amides is 2. The fourth-order valence-electron chi connectivity index (χ4n) is 3.39. The van der Waals surface area contributed by atoms with Gasteiger partial charge in [0.15, 0.2) is 5.69 Å². The summed E-state index contributed by atoms with van der Waals surface area (Å²) in [6.45, 7) is 1.84. The quantitative estimate of drug-likeness (QED) is 0.231. The summed E-state index contributed by atoms with van der Waals surface area (Å²) >= 11 is 4.30. The number of anilines is 1. The molecule has 1 heterocycles. The van der Waals surface area contributed by atoms with E-state index in [1.54, 1.807) is 54.7 Å². The number of pyridine rings is 1. The molecule has 0 radical (unpaired) electrons. The number of nitrogens with zero attached hydrogens (tertiary/aromatic N) is 3. The average Bonchev–Trinajstić information content (AvgIpc) is 2.88. The number of nitriles is 1. The highest BCUT2D eigenvalue weighted by molar-refractivity contribution is 7.82. The molecular weight excluding hydrogens is 448 g/mol. The van der Waals surface area contributed by atoms with E-state index in [0.29, 0.717) is 22.4 Å². The number of fused-ring (bicyclic) bond motifs is 1. The minimum atomic E-state index is -0.568. The summed E-state index contributed by atoms with van der Waals surface area (Å²) in [4.78, 5) is 29.4. The molecule has 1 unspecified atom stereocenters. The number of esters is 1. The molecule has 2 amide bonds. The highest BCUT2D eigenvalue weighted by atomic mass is 32.1. The number of urea groups is 1. The van der Waals surface area contributed by atoms with Gasteiger partial charge in [-0.25, -0.2) is 18.9 Å². The SMILES string of the molecule is CC(NC(=O)N(S)c1ccc(OC(=O)c2nccc3ccccc23)cc1)c1ccc(C#N)cc1. The van der Waals surface area contributed by atoms with Crippen molar-refractivity contribution in [2.75, 3.05) is 4.31 Å². The van der Waals surface area contributed by atoms with Gasteiger partial charge < -0.3 is 10.1 Å². The summed E-state index contributed by atoms with van der Waals surface area (Å²) in [6.07, 6.45) is 1.57. The molecule has 0 spiro atoms. The van der Waals surface area contributed by atoms with Gasteiger partial charge >= 0.3 is 12.0 Å². The van der Waals surface area contributed by atoms with Gasteiger partial charge in [-0.3, -0.25) is 0 Å². The second kappa shape index (κ2) is 10.1. The van der Waals surface area contributed by atoms with E-state index in [1.165, 1.54) is 0 Å². The predicted molar refractivity (Wildman–Crippen MR) is 133 cm³/mol. The third-order valence-corrected chi connectivity index (χ3v) is 5.64. The lowest BCUT2D eigenvalue weighted by atomic mass is 10.1. The van der Waals surface area contributed by atoms with E-state index in [9.17, 15) is 9.59 Å². The van der Waals surface area contributed by atoms with Crippen molar-refractivity contribution in [3.63, 3.8) is 0 Å². The van der Waals surface area contributed by atoms with Gasteiger partial charge in [0.2, 0.25) is 0 Å². The van der Waals surface area contributed by atoms with Crippen LogP contribution in [0.15, 0.2) is 85.1 Å². The van der Waals surface area contributed by atoms with Crippen LogP contribution < -0.4 is 14.4 Å². The molecule has 0 aliphatic heterocycles. The molecule has 0 aliphatic carbocycles. The minimum absolute atomic E-state index is 0.231. The van der Waals surface area contributed by atoms with Gasteiger partial charge in [-0.2, -0.15) is 5.26 Å². The Kier molecular flexibility index (Phi) is 6.76. The molecule has 1 N–H and O–H groups in total. The average molecular weight is 469 g/mol. The molecule has 4 aromatic rings. The summed E-state index contributed by atoms with van der Waals surface area (Å²) in [5, 5.41) is 13.4. The van der Waals surface area contributed by atoms with Crippen LogP contribution in [0.4, 0.5) is 10.5 Å². The van der Waals surface area contributed by atoms with Crippen LogP contribution in [-0.4, -0.2) is 17.0 Å². The van der Waals surface area contributed by atoms with E-state index < -0.39 is 12.0 Å². The number of rotatable bonds is 5. The molecule has 8 heteroatoms. The molecule has 168 valence electrons. The minimum Gasteiger partial charge on any atom is -0.422 e. The first kappa shape index (κ1) is 22.8. The molecule has 0 aliphatic rings. The van der Waals surface area contributed by atoms with Gasteiger partial charge in [0, 0.05) is 11.6 Å². The van der Waals surface area contributed by atoms with Gasteiger partial charge in [-0.05, 0) is 60.3 Å². The van der Waals surface area contributed by atoms with E-state index in [2.05, 4.69) is 29.2 Å². The molecule has 0 saturated heterocycles. The Labute approximate surface area is 202 Å². The van der Waals surface area contributed by atoms with Crippen molar-refractivity contribution in [1.29, 1.82) is 5.26 Å². The summed E-state index contributed by atoms with van der Waals surface area (Å²) in [5.74, 6) is -0.252. The predicted octanol–water partition coefficient (Wildman–Crippen LogP) is 5.45. The first-order valence-electron chi connectivity index (χ1n) is 10.4. The molecule has 1 aromatic heterocycles. The van der Waals surface area contributed by atoms with Crippen LogP contribution in [0.5, 0.6) is 5.75 Å². The van der Waals surface area contributed by atoms with Crippen LogP contribution in [0.2, 0.25) is 0 Å². The van der Waals surface area contributed by atoms with Gasteiger partial charge in [-0.15, -0.1) is 0 Å². The fraction of sp³-hybridized carbons (Fsp3) is 0.0769. The fourth-order valence-corrected chi connectivity index (χ4v) is 3.58. The third kappa shape index (κ3) is 5.00. The van der Waals surface area contributed by atoms with Crippen LogP contribution in [0.3, 0.4) is 0 Å². The Morgan fingerprint density at radius 1 is 1.03 bits per heavy atom. The molecule has 0 bridgehead atoms. The monoisotopic (exact) mass is 468 g/mol. The molecule has 3 aromatic carbocycles. The number of hydrogen-bond donors (Lipinski definition) is 2. The van der Waals surface area contributed by atoms with Gasteiger partial charge in [0.1, 0.15) is 5.75 Å². The lowest BCUT2D eigenvalue weighted by Gasteiger charge is -2.20. The molecule has 0 saturated carbocycles. The summed E-state index contributed by atoms with van der Waals surface area (Å²) in [6, 6.07) is 24.0. The zero-order chi connectivity index (χ0) is 24.1. The largest absolute Gasteiger partial charge is 0.422 e. The molecule has 1 atom stereocenters. The maximum atomic E-state index is 12.7.